The van der Waals surface area contributed by atoms with Crippen LogP contribution in [-0.4, -0.2) is 35.7 Å². The first-order valence-corrected chi connectivity index (χ1v) is 3.86. The van der Waals surface area contributed by atoms with Crippen LogP contribution in [0.15, 0.2) is 23.7 Å². The predicted octanol–water partition coefficient (Wildman–Crippen LogP) is -0.531. The Hall–Kier alpha value is -0.905. The highest BCUT2D eigenvalue weighted by Crippen LogP contribution is 2.21. The van der Waals surface area contributed by atoms with Crippen LogP contribution in [0.3, 0.4) is 0 Å². The van der Waals surface area contributed by atoms with Crippen LogP contribution in [0.4, 0.5) is 0 Å². The molecule has 4 nitrogen and oxygen atoms in total. The zero-order valence-corrected chi connectivity index (χ0v) is 7.52. The quantitative estimate of drug-likeness (QED) is 0.563. The maximum Gasteiger partial charge on any atom is 0.488 e. The van der Waals surface area contributed by atoms with Crippen molar-refractivity contribution in [3.05, 3.63) is 23.7 Å². The first kappa shape index (κ1) is 10.2. The number of ether oxygens (including phenoxy) is 1. The number of hydrogen-bond acceptors (Lipinski definition) is 4. The monoisotopic (exact) mass is 182 g/mol. The molecule has 1 aliphatic rings. The Bertz CT molecular complexity index is 282. The van der Waals surface area contributed by atoms with E-state index in [1.54, 1.807) is 6.92 Å². The van der Waals surface area contributed by atoms with Gasteiger partial charge >= 0.3 is 7.12 Å². The highest BCUT2D eigenvalue weighted by Gasteiger charge is 2.33. The van der Waals surface area contributed by atoms with Gasteiger partial charge in [0.25, 0.3) is 0 Å². The van der Waals surface area contributed by atoms with Crippen LogP contribution in [0, 0.1) is 0 Å². The summed E-state index contributed by atoms with van der Waals surface area (Å²) >= 11 is 0. The molecule has 1 atom stereocenters. The lowest BCUT2D eigenvalue weighted by Crippen LogP contribution is -2.37. The lowest BCUT2D eigenvalue weighted by Gasteiger charge is -2.25. The largest absolute Gasteiger partial charge is 0.488 e. The van der Waals surface area contributed by atoms with Crippen molar-refractivity contribution >= 4 is 12.9 Å². The molecule has 0 saturated heterocycles. The normalized spacial score (nSPS) is 27.4. The Balaban J connectivity index is 3.00. The average Bonchev–Trinajstić information content (AvgIpc) is 2.09. The van der Waals surface area contributed by atoms with Crippen LogP contribution in [0.5, 0.6) is 0 Å². The molecule has 70 valence electrons. The van der Waals surface area contributed by atoms with E-state index in [4.69, 9.17) is 14.8 Å². The summed E-state index contributed by atoms with van der Waals surface area (Å²) in [4.78, 5) is 11.3. The summed E-state index contributed by atoms with van der Waals surface area (Å²) in [5, 5.41) is 17.7. The van der Waals surface area contributed by atoms with Gasteiger partial charge in [0.2, 0.25) is 0 Å². The van der Waals surface area contributed by atoms with E-state index in [2.05, 4.69) is 0 Å². The second kappa shape index (κ2) is 3.45. The number of rotatable bonds is 2. The summed E-state index contributed by atoms with van der Waals surface area (Å²) in [7, 11) is -0.173. The summed E-state index contributed by atoms with van der Waals surface area (Å²) in [5.74, 6) is -0.209. The van der Waals surface area contributed by atoms with Crippen molar-refractivity contribution in [2.45, 2.75) is 12.5 Å². The number of ketones is 1. The van der Waals surface area contributed by atoms with Crippen molar-refractivity contribution in [1.29, 1.82) is 0 Å². The van der Waals surface area contributed by atoms with Gasteiger partial charge in [-0.3, -0.25) is 4.79 Å². The van der Waals surface area contributed by atoms with E-state index in [0.29, 0.717) is 0 Å². The van der Waals surface area contributed by atoms with Gasteiger partial charge in [-0.1, -0.05) is 6.08 Å². The van der Waals surface area contributed by atoms with Crippen LogP contribution >= 0.6 is 0 Å². The minimum Gasteiger partial charge on any atom is -0.423 e. The molecule has 5 heteroatoms. The Morgan fingerprint density at radius 3 is 2.54 bits per heavy atom. The van der Waals surface area contributed by atoms with Gasteiger partial charge in [-0.15, -0.1) is 0 Å². The molecule has 1 aliphatic carbocycles. The molecule has 0 radical (unpaired) electrons. The van der Waals surface area contributed by atoms with Crippen LogP contribution < -0.4 is 0 Å². The molecule has 0 saturated carbocycles. The summed E-state index contributed by atoms with van der Waals surface area (Å²) in [6.07, 6.45) is 4.05. The van der Waals surface area contributed by atoms with Crippen molar-refractivity contribution in [2.24, 2.45) is 0 Å². The van der Waals surface area contributed by atoms with Crippen molar-refractivity contribution in [1.82, 2.24) is 0 Å². The van der Waals surface area contributed by atoms with Gasteiger partial charge in [0, 0.05) is 7.11 Å². The highest BCUT2D eigenvalue weighted by molar-refractivity contribution is 6.52. The maximum absolute atomic E-state index is 11.3. The second-order valence-electron chi connectivity index (χ2n) is 3.03. The maximum atomic E-state index is 11.3. The van der Waals surface area contributed by atoms with Crippen molar-refractivity contribution < 1.29 is 19.6 Å². The molecular weight excluding hydrogens is 171 g/mol. The highest BCUT2D eigenvalue weighted by atomic mass is 16.5. The molecule has 13 heavy (non-hydrogen) atoms. The van der Waals surface area contributed by atoms with Gasteiger partial charge in [0.05, 0.1) is 0 Å². The molecule has 0 aliphatic heterocycles. The molecule has 0 bridgehead atoms. The van der Waals surface area contributed by atoms with Crippen LogP contribution in [0.1, 0.15) is 6.92 Å². The van der Waals surface area contributed by atoms with Crippen molar-refractivity contribution in [3.63, 3.8) is 0 Å². The molecule has 0 heterocycles. The standard InChI is InChI=1S/C8H11BO4/c1-8(13-2)5-6(9(11)12)3-4-7(8)10/h3-5,11-12H,1-2H3. The zero-order valence-electron chi connectivity index (χ0n) is 7.52. The third-order valence-electron chi connectivity index (χ3n) is 2.08. The lowest BCUT2D eigenvalue weighted by molar-refractivity contribution is -0.129. The second-order valence-corrected chi connectivity index (χ2v) is 3.03. The van der Waals surface area contributed by atoms with Gasteiger partial charge in [-0.2, -0.15) is 0 Å². The van der Waals surface area contributed by atoms with Gasteiger partial charge in [0.1, 0.15) is 5.60 Å². The number of allylic oxidation sites excluding steroid dienone is 2. The molecule has 0 amide bonds. The Morgan fingerprint density at radius 1 is 1.46 bits per heavy atom. The Kier molecular flexibility index (Phi) is 2.70. The molecule has 2 N–H and O–H groups in total. The van der Waals surface area contributed by atoms with Crippen LogP contribution in [0.2, 0.25) is 0 Å². The third-order valence-corrected chi connectivity index (χ3v) is 2.08. The fourth-order valence-electron chi connectivity index (χ4n) is 1.09. The molecule has 1 rings (SSSR count). The fraction of sp³-hybridized carbons (Fsp3) is 0.375. The van der Waals surface area contributed by atoms with Gasteiger partial charge in [-0.05, 0) is 24.5 Å². The smallest absolute Gasteiger partial charge is 0.423 e. The minimum absolute atomic E-state index is 0.209. The number of methoxy groups -OCH3 is 1. The van der Waals surface area contributed by atoms with E-state index >= 15 is 0 Å². The molecule has 1 unspecified atom stereocenters. The SMILES string of the molecule is COC1(C)C=C(B(O)O)C=CC1=O. The average molecular weight is 182 g/mol. The van der Waals surface area contributed by atoms with E-state index in [0.717, 1.165) is 0 Å². The zero-order chi connectivity index (χ0) is 10.1. The van der Waals surface area contributed by atoms with E-state index in [9.17, 15) is 4.79 Å². The molecule has 0 fully saturated rings. The number of carbonyl (C=O) groups excluding carboxylic acids is 1. The van der Waals surface area contributed by atoms with E-state index in [1.807, 2.05) is 0 Å². The summed E-state index contributed by atoms with van der Waals surface area (Å²) in [6, 6.07) is 0. The van der Waals surface area contributed by atoms with Gasteiger partial charge in [-0.25, -0.2) is 0 Å². The minimum atomic E-state index is -1.57. The lowest BCUT2D eigenvalue weighted by atomic mass is 9.73. The molecule has 0 aromatic heterocycles. The van der Waals surface area contributed by atoms with Gasteiger partial charge in [0.15, 0.2) is 5.78 Å². The first-order valence-electron chi connectivity index (χ1n) is 3.86. The number of hydrogen-bond donors (Lipinski definition) is 2. The third kappa shape index (κ3) is 1.88. The summed E-state index contributed by atoms with van der Waals surface area (Å²) < 4.78 is 4.97. The first-order chi connectivity index (χ1) is 5.99. The fourth-order valence-corrected chi connectivity index (χ4v) is 1.09. The van der Waals surface area contributed by atoms with Gasteiger partial charge < -0.3 is 14.8 Å². The summed E-state index contributed by atoms with van der Waals surface area (Å²) in [6.45, 7) is 1.57. The molecule has 0 spiro atoms. The molecule has 0 aromatic carbocycles. The molecular formula is C8H11BO4. The van der Waals surface area contributed by atoms with E-state index in [-0.39, 0.29) is 11.3 Å². The predicted molar refractivity (Wildman–Crippen MR) is 47.8 cm³/mol. The van der Waals surface area contributed by atoms with Crippen molar-refractivity contribution in [2.75, 3.05) is 7.11 Å². The van der Waals surface area contributed by atoms with E-state index < -0.39 is 12.7 Å². The Labute approximate surface area is 76.7 Å². The molecule has 0 aromatic rings. The van der Waals surface area contributed by atoms with Crippen molar-refractivity contribution in [3.8, 4) is 0 Å². The van der Waals surface area contributed by atoms with Crippen LogP contribution in [0.25, 0.3) is 0 Å². The number of carbonyl (C=O) groups is 1. The van der Waals surface area contributed by atoms with E-state index in [1.165, 1.54) is 25.3 Å². The summed E-state index contributed by atoms with van der Waals surface area (Å²) in [5.41, 5.74) is -0.808. The topological polar surface area (TPSA) is 66.8 Å². The van der Waals surface area contributed by atoms with Crippen LogP contribution in [-0.2, 0) is 9.53 Å². The Morgan fingerprint density at radius 2 is 2.08 bits per heavy atom.